The van der Waals surface area contributed by atoms with Crippen molar-refractivity contribution in [3.8, 4) is 0 Å². The molecule has 1 fully saturated rings. The van der Waals surface area contributed by atoms with Gasteiger partial charge in [-0.25, -0.2) is 4.79 Å². The summed E-state index contributed by atoms with van der Waals surface area (Å²) in [6, 6.07) is 8.03. The number of allylic oxidation sites excluding steroid dienone is 1. The average molecular weight is 327 g/mol. The molecular weight excluding hydrogens is 311 g/mol. The maximum atomic E-state index is 13.8. The number of halogens is 3. The Labute approximate surface area is 131 Å². The molecule has 0 N–H and O–H groups in total. The molecule has 0 bridgehead atoms. The maximum Gasteiger partial charge on any atom is 0.436 e. The van der Waals surface area contributed by atoms with Gasteiger partial charge in [-0.3, -0.25) is 0 Å². The minimum atomic E-state index is -4.62. The summed E-state index contributed by atoms with van der Waals surface area (Å²) >= 11 is 0. The molecule has 1 aromatic carbocycles. The van der Waals surface area contributed by atoms with Crippen molar-refractivity contribution in [2.75, 3.05) is 13.7 Å². The standard InChI is InChI=1S/C16H16F3NO3/c1-22-14(21)12-8-5-9-15(16(17,18)19)20(12)13(10-23-15)11-6-3-2-4-7-11/h2-4,6-8,13H,5,9-10H2,1H3/t13-,15+/m1/s1. The van der Waals surface area contributed by atoms with Crippen molar-refractivity contribution < 1.29 is 27.4 Å². The normalized spacial score (nSPS) is 27.4. The molecule has 2 aliphatic heterocycles. The first-order chi connectivity index (χ1) is 10.9. The second kappa shape index (κ2) is 5.56. The van der Waals surface area contributed by atoms with Gasteiger partial charge >= 0.3 is 12.1 Å². The first-order valence-corrected chi connectivity index (χ1v) is 7.24. The lowest BCUT2D eigenvalue weighted by Gasteiger charge is -2.44. The highest BCUT2D eigenvalue weighted by Gasteiger charge is 2.66. The maximum absolute atomic E-state index is 13.8. The predicted molar refractivity (Wildman–Crippen MR) is 75.1 cm³/mol. The topological polar surface area (TPSA) is 38.8 Å². The number of esters is 1. The van der Waals surface area contributed by atoms with Gasteiger partial charge in [-0.15, -0.1) is 0 Å². The quantitative estimate of drug-likeness (QED) is 0.782. The van der Waals surface area contributed by atoms with Crippen LogP contribution in [0.5, 0.6) is 0 Å². The van der Waals surface area contributed by atoms with Gasteiger partial charge in [0.25, 0.3) is 0 Å². The van der Waals surface area contributed by atoms with Crippen molar-refractivity contribution >= 4 is 5.97 Å². The lowest BCUT2D eigenvalue weighted by Crippen LogP contribution is -2.58. The average Bonchev–Trinajstić information content (AvgIpc) is 2.95. The van der Waals surface area contributed by atoms with Crippen molar-refractivity contribution in [1.29, 1.82) is 0 Å². The summed E-state index contributed by atoms with van der Waals surface area (Å²) in [6.45, 7) is -0.141. The summed E-state index contributed by atoms with van der Waals surface area (Å²) in [6.07, 6.45) is -3.28. The zero-order chi connectivity index (χ0) is 16.7. The van der Waals surface area contributed by atoms with Crippen molar-refractivity contribution in [2.24, 2.45) is 0 Å². The van der Waals surface area contributed by atoms with Crippen LogP contribution in [0.25, 0.3) is 0 Å². The number of hydrogen-bond donors (Lipinski definition) is 0. The molecule has 0 spiro atoms. The van der Waals surface area contributed by atoms with Crippen LogP contribution in [0.15, 0.2) is 42.1 Å². The monoisotopic (exact) mass is 327 g/mol. The van der Waals surface area contributed by atoms with E-state index >= 15 is 0 Å². The van der Waals surface area contributed by atoms with E-state index in [1.54, 1.807) is 30.3 Å². The van der Waals surface area contributed by atoms with Crippen molar-refractivity contribution in [3.63, 3.8) is 0 Å². The molecule has 23 heavy (non-hydrogen) atoms. The van der Waals surface area contributed by atoms with E-state index in [0.717, 1.165) is 12.0 Å². The Morgan fingerprint density at radius 1 is 1.35 bits per heavy atom. The highest BCUT2D eigenvalue weighted by molar-refractivity contribution is 5.88. The Hall–Kier alpha value is -2.02. The number of nitrogens with zero attached hydrogens (tertiary/aromatic N) is 1. The number of alkyl halides is 3. The van der Waals surface area contributed by atoms with E-state index < -0.39 is 23.9 Å². The number of hydrogen-bond acceptors (Lipinski definition) is 4. The predicted octanol–water partition coefficient (Wildman–Crippen LogP) is 3.17. The number of benzene rings is 1. The third-order valence-electron chi connectivity index (χ3n) is 4.28. The van der Waals surface area contributed by atoms with E-state index in [1.807, 2.05) is 0 Å². The van der Waals surface area contributed by atoms with E-state index in [9.17, 15) is 18.0 Å². The van der Waals surface area contributed by atoms with Gasteiger partial charge < -0.3 is 14.4 Å². The molecule has 3 rings (SSSR count). The summed E-state index contributed by atoms with van der Waals surface area (Å²) in [5, 5.41) is 0. The summed E-state index contributed by atoms with van der Waals surface area (Å²) in [5.41, 5.74) is -1.91. The molecule has 0 saturated carbocycles. The van der Waals surface area contributed by atoms with Gasteiger partial charge in [-0.2, -0.15) is 13.2 Å². The molecule has 1 aromatic rings. The molecular formula is C16H16F3NO3. The Morgan fingerprint density at radius 3 is 2.65 bits per heavy atom. The van der Waals surface area contributed by atoms with Crippen molar-refractivity contribution in [1.82, 2.24) is 4.90 Å². The number of carbonyl (C=O) groups is 1. The first-order valence-electron chi connectivity index (χ1n) is 7.24. The summed E-state index contributed by atoms with van der Waals surface area (Å²) in [7, 11) is 1.15. The lowest BCUT2D eigenvalue weighted by atomic mass is 9.95. The van der Waals surface area contributed by atoms with Gasteiger partial charge in [0.05, 0.1) is 19.8 Å². The van der Waals surface area contributed by atoms with Gasteiger partial charge in [0.1, 0.15) is 5.70 Å². The second-order valence-corrected chi connectivity index (χ2v) is 5.51. The van der Waals surface area contributed by atoms with Crippen LogP contribution in [0.2, 0.25) is 0 Å². The molecule has 124 valence electrons. The smallest absolute Gasteiger partial charge is 0.436 e. The van der Waals surface area contributed by atoms with Crippen LogP contribution in [-0.2, 0) is 14.3 Å². The van der Waals surface area contributed by atoms with E-state index in [-0.39, 0.29) is 25.1 Å². The number of rotatable bonds is 2. The van der Waals surface area contributed by atoms with E-state index in [0.29, 0.717) is 5.56 Å². The number of fused-ring (bicyclic) bond motifs is 1. The zero-order valence-electron chi connectivity index (χ0n) is 12.5. The van der Waals surface area contributed by atoms with Crippen LogP contribution in [0.1, 0.15) is 24.4 Å². The molecule has 2 aliphatic rings. The molecule has 0 radical (unpaired) electrons. The Balaban J connectivity index is 2.10. The highest BCUT2D eigenvalue weighted by atomic mass is 19.4. The van der Waals surface area contributed by atoms with Crippen LogP contribution >= 0.6 is 0 Å². The Bertz CT molecular complexity index is 629. The Kier molecular flexibility index (Phi) is 3.83. The number of methoxy groups -OCH3 is 1. The number of ether oxygens (including phenoxy) is 2. The van der Waals surface area contributed by atoms with Gasteiger partial charge in [-0.1, -0.05) is 36.4 Å². The molecule has 2 atom stereocenters. The van der Waals surface area contributed by atoms with E-state index in [4.69, 9.17) is 4.74 Å². The summed E-state index contributed by atoms with van der Waals surface area (Å²) in [4.78, 5) is 13.0. The van der Waals surface area contributed by atoms with Gasteiger partial charge in [-0.05, 0) is 12.0 Å². The fraction of sp³-hybridized carbons (Fsp3) is 0.438. The van der Waals surface area contributed by atoms with Crippen molar-refractivity contribution in [2.45, 2.75) is 30.8 Å². The highest BCUT2D eigenvalue weighted by Crippen LogP contribution is 2.52. The molecule has 7 heteroatoms. The van der Waals surface area contributed by atoms with Gasteiger partial charge in [0, 0.05) is 6.42 Å². The fourth-order valence-corrected chi connectivity index (χ4v) is 3.24. The van der Waals surface area contributed by atoms with E-state index in [2.05, 4.69) is 4.74 Å². The van der Waals surface area contributed by atoms with Crippen molar-refractivity contribution in [3.05, 3.63) is 47.7 Å². The van der Waals surface area contributed by atoms with Crippen LogP contribution in [0.3, 0.4) is 0 Å². The second-order valence-electron chi connectivity index (χ2n) is 5.51. The third-order valence-corrected chi connectivity index (χ3v) is 4.28. The minimum absolute atomic E-state index is 0.0950. The fourth-order valence-electron chi connectivity index (χ4n) is 3.24. The molecule has 0 aromatic heterocycles. The molecule has 0 unspecified atom stereocenters. The molecule has 1 saturated heterocycles. The summed E-state index contributed by atoms with van der Waals surface area (Å²) in [5.74, 6) is -0.787. The zero-order valence-corrected chi connectivity index (χ0v) is 12.5. The molecule has 0 amide bonds. The SMILES string of the molecule is COC(=O)C1=CCC[C@@]2(C(F)(F)F)OC[C@H](c3ccccc3)N12. The lowest BCUT2D eigenvalue weighted by molar-refractivity contribution is -0.304. The number of carbonyl (C=O) groups excluding carboxylic acids is 1. The molecule has 4 nitrogen and oxygen atoms in total. The Morgan fingerprint density at radius 2 is 2.04 bits per heavy atom. The van der Waals surface area contributed by atoms with E-state index in [1.165, 1.54) is 6.08 Å². The van der Waals surface area contributed by atoms with Crippen LogP contribution < -0.4 is 0 Å². The third kappa shape index (κ3) is 2.39. The van der Waals surface area contributed by atoms with Crippen LogP contribution in [0, 0.1) is 0 Å². The largest absolute Gasteiger partial charge is 0.464 e. The first kappa shape index (κ1) is 15.9. The molecule has 0 aliphatic carbocycles. The van der Waals surface area contributed by atoms with Gasteiger partial charge in [0.2, 0.25) is 5.72 Å². The molecule has 2 heterocycles. The van der Waals surface area contributed by atoms with Gasteiger partial charge in [0.15, 0.2) is 0 Å². The van der Waals surface area contributed by atoms with Crippen LogP contribution in [-0.4, -0.2) is 36.5 Å². The van der Waals surface area contributed by atoms with Crippen LogP contribution in [0.4, 0.5) is 13.2 Å². The summed E-state index contributed by atoms with van der Waals surface area (Å²) < 4.78 is 51.2. The minimum Gasteiger partial charge on any atom is -0.464 e.